The summed E-state index contributed by atoms with van der Waals surface area (Å²) in [6.07, 6.45) is 0. The number of nitrogen functional groups attached to an aromatic ring is 2. The van der Waals surface area contributed by atoms with Crippen LogP contribution in [0.5, 0.6) is 0 Å². The third kappa shape index (κ3) is 4.52. The first kappa shape index (κ1) is 17.8. The van der Waals surface area contributed by atoms with Gasteiger partial charge in [-0.3, -0.25) is 4.79 Å². The Labute approximate surface area is 156 Å². The number of rotatable bonds is 5. The van der Waals surface area contributed by atoms with Gasteiger partial charge in [0.25, 0.3) is 0 Å². The minimum Gasteiger partial charge on any atom is -0.383 e. The first-order valence-electron chi connectivity index (χ1n) is 8.00. The third-order valence-electron chi connectivity index (χ3n) is 3.63. The number of hydrogen-bond donors (Lipinski definition) is 3. The Morgan fingerprint density at radius 3 is 2.23 bits per heavy atom. The van der Waals surface area contributed by atoms with Crippen LogP contribution >= 0.6 is 11.8 Å². The van der Waals surface area contributed by atoms with Crippen molar-refractivity contribution in [3.05, 3.63) is 71.8 Å². The van der Waals surface area contributed by atoms with Gasteiger partial charge in [0, 0.05) is 11.8 Å². The molecule has 1 unspecified atom stereocenters. The van der Waals surface area contributed by atoms with E-state index in [0.717, 1.165) is 16.8 Å². The van der Waals surface area contributed by atoms with Gasteiger partial charge in [-0.1, -0.05) is 59.8 Å². The molecule has 0 spiro atoms. The molecule has 1 amide bonds. The molecular weight excluding hydrogens is 346 g/mol. The molecule has 26 heavy (non-hydrogen) atoms. The van der Waals surface area contributed by atoms with Crippen LogP contribution in [0, 0.1) is 6.92 Å². The average Bonchev–Trinajstić information content (AvgIpc) is 2.61. The summed E-state index contributed by atoms with van der Waals surface area (Å²) >= 11 is 1.21. The molecule has 3 rings (SSSR count). The highest BCUT2D eigenvalue weighted by Crippen LogP contribution is 2.35. The Kier molecular flexibility index (Phi) is 5.38. The Morgan fingerprint density at radius 1 is 1.00 bits per heavy atom. The summed E-state index contributed by atoms with van der Waals surface area (Å²) in [5.74, 6) is 0.367. The van der Waals surface area contributed by atoms with E-state index in [-0.39, 0.29) is 17.5 Å². The molecule has 0 fully saturated rings. The van der Waals surface area contributed by atoms with Crippen molar-refractivity contribution >= 4 is 35.0 Å². The van der Waals surface area contributed by atoms with E-state index in [0.29, 0.717) is 5.16 Å². The van der Waals surface area contributed by atoms with Crippen molar-refractivity contribution in [2.45, 2.75) is 17.3 Å². The van der Waals surface area contributed by atoms with E-state index in [1.807, 2.05) is 61.5 Å². The zero-order chi connectivity index (χ0) is 18.5. The number of thioether (sulfide) groups is 1. The maximum absolute atomic E-state index is 12.9. The number of anilines is 3. The molecule has 1 heterocycles. The molecule has 0 saturated carbocycles. The number of aryl methyl sites for hydroxylation is 1. The van der Waals surface area contributed by atoms with E-state index in [4.69, 9.17) is 11.5 Å². The molecule has 0 aliphatic carbocycles. The van der Waals surface area contributed by atoms with Crippen molar-refractivity contribution in [2.24, 2.45) is 0 Å². The fourth-order valence-corrected chi connectivity index (χ4v) is 3.35. The zero-order valence-electron chi connectivity index (χ0n) is 14.2. The van der Waals surface area contributed by atoms with Crippen LogP contribution in [0.4, 0.5) is 17.3 Å². The summed E-state index contributed by atoms with van der Waals surface area (Å²) in [4.78, 5) is 21.3. The standard InChI is InChI=1S/C19H19N5OS/c1-12-7-9-14(10-8-12)22-18(25)17(13-5-3-2-4-6-13)26-19-23-15(20)11-16(21)24-19/h2-11,17H,1H3,(H,22,25)(H4,20,21,23,24). The number of carbonyl (C=O) groups excluding carboxylic acids is 1. The lowest BCUT2D eigenvalue weighted by atomic mass is 10.1. The largest absolute Gasteiger partial charge is 0.383 e. The Hall–Kier alpha value is -3.06. The number of aromatic nitrogens is 2. The average molecular weight is 365 g/mol. The van der Waals surface area contributed by atoms with Crippen LogP contribution in [0.25, 0.3) is 0 Å². The lowest BCUT2D eigenvalue weighted by molar-refractivity contribution is -0.115. The zero-order valence-corrected chi connectivity index (χ0v) is 15.0. The van der Waals surface area contributed by atoms with E-state index >= 15 is 0 Å². The number of hydrogen-bond acceptors (Lipinski definition) is 6. The van der Waals surface area contributed by atoms with E-state index in [1.54, 1.807) is 0 Å². The lowest BCUT2D eigenvalue weighted by Crippen LogP contribution is -2.19. The maximum atomic E-state index is 12.9. The second-order valence-electron chi connectivity index (χ2n) is 5.76. The summed E-state index contributed by atoms with van der Waals surface area (Å²) in [7, 11) is 0. The van der Waals surface area contributed by atoms with Crippen LogP contribution < -0.4 is 16.8 Å². The topological polar surface area (TPSA) is 107 Å². The molecule has 5 N–H and O–H groups in total. The molecule has 0 aliphatic heterocycles. The molecule has 0 bridgehead atoms. The summed E-state index contributed by atoms with van der Waals surface area (Å²) in [6, 6.07) is 18.6. The summed E-state index contributed by atoms with van der Waals surface area (Å²) in [5, 5.41) is 2.75. The number of amides is 1. The molecule has 2 aromatic carbocycles. The van der Waals surface area contributed by atoms with Crippen molar-refractivity contribution < 1.29 is 4.79 Å². The number of nitrogens with two attached hydrogens (primary N) is 2. The number of carbonyl (C=O) groups is 1. The monoisotopic (exact) mass is 365 g/mol. The van der Waals surface area contributed by atoms with Crippen molar-refractivity contribution in [2.75, 3.05) is 16.8 Å². The molecule has 0 saturated heterocycles. The lowest BCUT2D eigenvalue weighted by Gasteiger charge is -2.16. The van der Waals surface area contributed by atoms with Crippen LogP contribution in [-0.4, -0.2) is 15.9 Å². The van der Waals surface area contributed by atoms with Crippen LogP contribution in [0.3, 0.4) is 0 Å². The van der Waals surface area contributed by atoms with Gasteiger partial charge in [-0.2, -0.15) is 0 Å². The Morgan fingerprint density at radius 2 is 1.62 bits per heavy atom. The van der Waals surface area contributed by atoms with Crippen molar-refractivity contribution in [3.8, 4) is 0 Å². The van der Waals surface area contributed by atoms with E-state index in [9.17, 15) is 4.79 Å². The van der Waals surface area contributed by atoms with Crippen molar-refractivity contribution in [1.29, 1.82) is 0 Å². The smallest absolute Gasteiger partial charge is 0.242 e. The van der Waals surface area contributed by atoms with E-state index in [1.165, 1.54) is 17.8 Å². The highest BCUT2D eigenvalue weighted by molar-refractivity contribution is 8.00. The van der Waals surface area contributed by atoms with E-state index < -0.39 is 5.25 Å². The molecule has 1 aromatic heterocycles. The van der Waals surface area contributed by atoms with Gasteiger partial charge in [0.2, 0.25) is 5.91 Å². The summed E-state index contributed by atoms with van der Waals surface area (Å²) < 4.78 is 0. The molecule has 0 radical (unpaired) electrons. The van der Waals surface area contributed by atoms with Crippen LogP contribution in [0.15, 0.2) is 65.8 Å². The molecule has 7 heteroatoms. The Bertz CT molecular complexity index is 879. The highest BCUT2D eigenvalue weighted by atomic mass is 32.2. The molecule has 132 valence electrons. The molecule has 3 aromatic rings. The number of nitrogens with zero attached hydrogens (tertiary/aromatic N) is 2. The molecule has 1 atom stereocenters. The summed E-state index contributed by atoms with van der Waals surface area (Å²) in [6.45, 7) is 2.00. The second kappa shape index (κ2) is 7.88. The SMILES string of the molecule is Cc1ccc(NC(=O)C(Sc2nc(N)cc(N)n2)c2ccccc2)cc1. The van der Waals surface area contributed by atoms with Crippen LogP contribution in [0.2, 0.25) is 0 Å². The van der Waals surface area contributed by atoms with Gasteiger partial charge in [-0.25, -0.2) is 9.97 Å². The predicted octanol–water partition coefficient (Wildman–Crippen LogP) is 3.42. The van der Waals surface area contributed by atoms with Crippen LogP contribution in [-0.2, 0) is 4.79 Å². The van der Waals surface area contributed by atoms with Crippen LogP contribution in [0.1, 0.15) is 16.4 Å². The van der Waals surface area contributed by atoms with E-state index in [2.05, 4.69) is 15.3 Å². The number of benzene rings is 2. The van der Waals surface area contributed by atoms with Gasteiger partial charge in [0.1, 0.15) is 16.9 Å². The minimum atomic E-state index is -0.543. The fourth-order valence-electron chi connectivity index (χ4n) is 2.37. The van der Waals surface area contributed by atoms with Gasteiger partial charge in [0.15, 0.2) is 5.16 Å². The Balaban J connectivity index is 1.87. The van der Waals surface area contributed by atoms with Gasteiger partial charge >= 0.3 is 0 Å². The number of nitrogens with one attached hydrogen (secondary N) is 1. The van der Waals surface area contributed by atoms with Crippen molar-refractivity contribution in [3.63, 3.8) is 0 Å². The quantitative estimate of drug-likeness (QED) is 0.472. The summed E-state index contributed by atoms with van der Waals surface area (Å²) in [5.41, 5.74) is 14.2. The van der Waals surface area contributed by atoms with Gasteiger partial charge in [-0.05, 0) is 24.6 Å². The van der Waals surface area contributed by atoms with Gasteiger partial charge < -0.3 is 16.8 Å². The third-order valence-corrected chi connectivity index (χ3v) is 4.74. The first-order valence-corrected chi connectivity index (χ1v) is 8.88. The highest BCUT2D eigenvalue weighted by Gasteiger charge is 2.24. The molecule has 0 aliphatic rings. The van der Waals surface area contributed by atoms with Crippen molar-refractivity contribution in [1.82, 2.24) is 9.97 Å². The minimum absolute atomic E-state index is 0.172. The molecule has 6 nitrogen and oxygen atoms in total. The fraction of sp³-hybridized carbons (Fsp3) is 0.105. The maximum Gasteiger partial charge on any atom is 0.242 e. The second-order valence-corrected chi connectivity index (χ2v) is 6.84. The molecular formula is C19H19N5OS. The first-order chi connectivity index (χ1) is 12.5. The predicted molar refractivity (Wildman–Crippen MR) is 106 cm³/mol. The van der Waals surface area contributed by atoms with Gasteiger partial charge in [0.05, 0.1) is 0 Å². The van der Waals surface area contributed by atoms with Gasteiger partial charge in [-0.15, -0.1) is 0 Å². The normalized spacial score (nSPS) is 11.7.